The number of amides is 1. The molecule has 6 nitrogen and oxygen atoms in total. The first kappa shape index (κ1) is 22.8. The minimum Gasteiger partial charge on any atom is -0.378 e. The van der Waals surface area contributed by atoms with Crippen LogP contribution in [0.1, 0.15) is 23.6 Å². The number of aryl methyl sites for hydroxylation is 2. The highest BCUT2D eigenvalue weighted by Crippen LogP contribution is 2.25. The maximum absolute atomic E-state index is 12.7. The van der Waals surface area contributed by atoms with Gasteiger partial charge in [-0.15, -0.1) is 0 Å². The first-order chi connectivity index (χ1) is 15.3. The number of hydrogen-bond donors (Lipinski definition) is 1. The molecule has 0 aromatic heterocycles. The number of para-hydroxylation sites is 1. The van der Waals surface area contributed by atoms with E-state index in [0.29, 0.717) is 5.69 Å². The summed E-state index contributed by atoms with van der Waals surface area (Å²) in [5, 5.41) is 12.2. The first-order valence-corrected chi connectivity index (χ1v) is 11.4. The molecule has 3 rings (SSSR count). The zero-order valence-corrected chi connectivity index (χ0v) is 18.5. The first-order valence-electron chi connectivity index (χ1n) is 9.94. The van der Waals surface area contributed by atoms with Crippen molar-refractivity contribution in [2.24, 2.45) is 0 Å². The molecule has 1 N–H and O–H groups in total. The van der Waals surface area contributed by atoms with Crippen LogP contribution in [0.15, 0.2) is 83.3 Å². The molecule has 0 heterocycles. The van der Waals surface area contributed by atoms with Crippen LogP contribution in [0, 0.1) is 18.3 Å². The molecule has 0 atom stereocenters. The smallest absolute Gasteiger partial charge is 0.339 e. The monoisotopic (exact) mass is 446 g/mol. The van der Waals surface area contributed by atoms with Crippen molar-refractivity contribution in [2.75, 3.05) is 5.32 Å². The van der Waals surface area contributed by atoms with Gasteiger partial charge in [-0.2, -0.15) is 13.7 Å². The molecule has 0 unspecified atom stereocenters. The molecule has 0 spiro atoms. The van der Waals surface area contributed by atoms with Gasteiger partial charge in [0, 0.05) is 11.3 Å². The Balaban J connectivity index is 1.86. The van der Waals surface area contributed by atoms with Gasteiger partial charge in [-0.05, 0) is 55.3 Å². The summed E-state index contributed by atoms with van der Waals surface area (Å²) in [4.78, 5) is 12.6. The van der Waals surface area contributed by atoms with Crippen molar-refractivity contribution in [1.82, 2.24) is 0 Å². The van der Waals surface area contributed by atoms with Crippen molar-refractivity contribution >= 4 is 27.8 Å². The number of nitrogens with zero attached hydrogens (tertiary/aromatic N) is 1. The molecular formula is C25H22N2O4S. The van der Waals surface area contributed by atoms with E-state index in [1.165, 1.54) is 24.3 Å². The Morgan fingerprint density at radius 3 is 2.31 bits per heavy atom. The van der Waals surface area contributed by atoms with Gasteiger partial charge in [0.1, 0.15) is 22.3 Å². The third-order valence-corrected chi connectivity index (χ3v) is 5.96. The number of carbonyl (C=O) groups excluding carboxylic acids is 1. The lowest BCUT2D eigenvalue weighted by Crippen LogP contribution is -2.14. The highest BCUT2D eigenvalue weighted by Gasteiger charge is 2.19. The molecule has 0 fully saturated rings. The Bertz CT molecular complexity index is 1290. The maximum Gasteiger partial charge on any atom is 0.339 e. The molecule has 32 heavy (non-hydrogen) atoms. The van der Waals surface area contributed by atoms with Crippen LogP contribution in [-0.4, -0.2) is 14.3 Å². The standard InChI is InChI=1S/C25H22N2O4S/c1-3-19-10-12-22(13-11-19)27-25(28)21(17-26)16-20-6-4-5-7-24(20)31-32(29,30)23-14-8-18(2)9-15-23/h4-16H,3H2,1-2H3,(H,27,28)/b21-16+. The second-order valence-electron chi connectivity index (χ2n) is 7.06. The zero-order chi connectivity index (χ0) is 23.1. The van der Waals surface area contributed by atoms with E-state index < -0.39 is 16.0 Å². The normalized spacial score (nSPS) is 11.5. The molecule has 0 bridgehead atoms. The van der Waals surface area contributed by atoms with E-state index >= 15 is 0 Å². The Morgan fingerprint density at radius 2 is 1.69 bits per heavy atom. The van der Waals surface area contributed by atoms with Gasteiger partial charge >= 0.3 is 10.1 Å². The molecule has 1 amide bonds. The lowest BCUT2D eigenvalue weighted by atomic mass is 10.1. The Kier molecular flexibility index (Phi) is 7.08. The van der Waals surface area contributed by atoms with Crippen LogP contribution in [0.2, 0.25) is 0 Å². The topological polar surface area (TPSA) is 96.3 Å². The van der Waals surface area contributed by atoms with Crippen molar-refractivity contribution in [3.8, 4) is 11.8 Å². The fourth-order valence-electron chi connectivity index (χ4n) is 2.87. The SMILES string of the molecule is CCc1ccc(NC(=O)/C(C#N)=C/c2ccccc2OS(=O)(=O)c2ccc(C)cc2)cc1. The number of benzene rings is 3. The quantitative estimate of drug-likeness (QED) is 0.317. The van der Waals surface area contributed by atoms with E-state index in [1.807, 2.05) is 32.0 Å². The predicted molar refractivity (Wildman–Crippen MR) is 123 cm³/mol. The van der Waals surface area contributed by atoms with E-state index in [4.69, 9.17) is 4.18 Å². The summed E-state index contributed by atoms with van der Waals surface area (Å²) in [5.74, 6) is -0.589. The summed E-state index contributed by atoms with van der Waals surface area (Å²) < 4.78 is 30.6. The van der Waals surface area contributed by atoms with Crippen LogP contribution < -0.4 is 9.50 Å². The fraction of sp³-hybridized carbons (Fsp3) is 0.120. The van der Waals surface area contributed by atoms with Crippen LogP contribution >= 0.6 is 0 Å². The van der Waals surface area contributed by atoms with Gasteiger partial charge in [0.2, 0.25) is 0 Å². The Labute approximate surface area is 187 Å². The van der Waals surface area contributed by atoms with Gasteiger partial charge in [-0.1, -0.05) is 55.0 Å². The summed E-state index contributed by atoms with van der Waals surface area (Å²) in [6.45, 7) is 3.88. The number of rotatable bonds is 7. The molecule has 0 saturated heterocycles. The van der Waals surface area contributed by atoms with E-state index in [-0.39, 0.29) is 21.8 Å². The van der Waals surface area contributed by atoms with E-state index in [2.05, 4.69) is 5.32 Å². The number of nitrogens with one attached hydrogen (secondary N) is 1. The largest absolute Gasteiger partial charge is 0.378 e. The third kappa shape index (κ3) is 5.62. The maximum atomic E-state index is 12.7. The highest BCUT2D eigenvalue weighted by molar-refractivity contribution is 7.87. The van der Waals surface area contributed by atoms with Gasteiger partial charge in [0.15, 0.2) is 0 Å². The summed E-state index contributed by atoms with van der Waals surface area (Å²) >= 11 is 0. The van der Waals surface area contributed by atoms with E-state index in [1.54, 1.807) is 42.5 Å². The average Bonchev–Trinajstić information content (AvgIpc) is 2.79. The number of hydrogen-bond acceptors (Lipinski definition) is 5. The lowest BCUT2D eigenvalue weighted by molar-refractivity contribution is -0.112. The predicted octanol–water partition coefficient (Wildman–Crippen LogP) is 4.87. The molecular weight excluding hydrogens is 424 g/mol. The van der Waals surface area contributed by atoms with Crippen LogP contribution in [0.5, 0.6) is 5.75 Å². The van der Waals surface area contributed by atoms with Gasteiger partial charge in [-0.3, -0.25) is 4.79 Å². The lowest BCUT2D eigenvalue weighted by Gasteiger charge is -2.10. The van der Waals surface area contributed by atoms with Crippen LogP contribution in [0.25, 0.3) is 6.08 Å². The Morgan fingerprint density at radius 1 is 1.03 bits per heavy atom. The molecule has 162 valence electrons. The molecule has 0 aliphatic rings. The summed E-state index contributed by atoms with van der Waals surface area (Å²) in [6.07, 6.45) is 2.18. The summed E-state index contributed by atoms with van der Waals surface area (Å²) in [7, 11) is -4.08. The van der Waals surface area contributed by atoms with Crippen molar-refractivity contribution in [2.45, 2.75) is 25.2 Å². The van der Waals surface area contributed by atoms with Crippen molar-refractivity contribution in [1.29, 1.82) is 5.26 Å². The third-order valence-electron chi connectivity index (χ3n) is 4.71. The molecule has 0 radical (unpaired) electrons. The van der Waals surface area contributed by atoms with Gasteiger partial charge in [-0.25, -0.2) is 0 Å². The second kappa shape index (κ2) is 9.94. The molecule has 3 aromatic rings. The molecule has 0 aliphatic carbocycles. The fourth-order valence-corrected chi connectivity index (χ4v) is 3.83. The van der Waals surface area contributed by atoms with Crippen LogP contribution in [0.4, 0.5) is 5.69 Å². The van der Waals surface area contributed by atoms with E-state index in [0.717, 1.165) is 17.5 Å². The minimum atomic E-state index is -4.08. The zero-order valence-electron chi connectivity index (χ0n) is 17.7. The van der Waals surface area contributed by atoms with E-state index in [9.17, 15) is 18.5 Å². The van der Waals surface area contributed by atoms with Gasteiger partial charge in [0.05, 0.1) is 0 Å². The van der Waals surface area contributed by atoms with Crippen molar-refractivity contribution in [3.05, 3.63) is 95.1 Å². The second-order valence-corrected chi connectivity index (χ2v) is 8.61. The average molecular weight is 447 g/mol. The van der Waals surface area contributed by atoms with Crippen LogP contribution in [0.3, 0.4) is 0 Å². The molecule has 0 aliphatic heterocycles. The van der Waals surface area contributed by atoms with Crippen molar-refractivity contribution < 1.29 is 17.4 Å². The highest BCUT2D eigenvalue weighted by atomic mass is 32.2. The molecule has 7 heteroatoms. The number of carbonyl (C=O) groups is 1. The molecule has 3 aromatic carbocycles. The Hall–Kier alpha value is -3.89. The summed E-state index contributed by atoms with van der Waals surface area (Å²) in [6, 6.07) is 21.7. The summed E-state index contributed by atoms with van der Waals surface area (Å²) in [5.41, 5.74) is 2.70. The van der Waals surface area contributed by atoms with Gasteiger partial charge in [0.25, 0.3) is 5.91 Å². The van der Waals surface area contributed by atoms with Crippen molar-refractivity contribution in [3.63, 3.8) is 0 Å². The number of nitriles is 1. The van der Waals surface area contributed by atoms with Gasteiger partial charge < -0.3 is 9.50 Å². The van der Waals surface area contributed by atoms with Crippen LogP contribution in [-0.2, 0) is 21.3 Å². The molecule has 0 saturated carbocycles. The minimum absolute atomic E-state index is 0.00987. The number of anilines is 1.